The van der Waals surface area contributed by atoms with E-state index in [1.165, 1.54) is 12.1 Å². The van der Waals surface area contributed by atoms with Gasteiger partial charge in [0.15, 0.2) is 6.04 Å². The third-order valence-corrected chi connectivity index (χ3v) is 4.96. The van der Waals surface area contributed by atoms with Crippen molar-refractivity contribution in [2.75, 3.05) is 6.54 Å². The number of nitrogens with one attached hydrogen (secondary N) is 1. The smallest absolute Gasteiger partial charge is 0.270 e. The largest absolute Gasteiger partial charge is 0.272 e. The number of aryl methyl sites for hydroxylation is 3. The van der Waals surface area contributed by atoms with Gasteiger partial charge in [-0.05, 0) is 39.0 Å². The van der Waals surface area contributed by atoms with Crippen molar-refractivity contribution in [3.8, 4) is 0 Å². The summed E-state index contributed by atoms with van der Waals surface area (Å²) in [5, 5.41) is 14.9. The normalized spacial score (nSPS) is 12.8. The highest BCUT2D eigenvalue weighted by Gasteiger charge is 2.32. The van der Waals surface area contributed by atoms with Gasteiger partial charge in [0.1, 0.15) is 0 Å². The van der Waals surface area contributed by atoms with Crippen LogP contribution in [0.15, 0.2) is 35.2 Å². The van der Waals surface area contributed by atoms with Crippen molar-refractivity contribution < 1.29 is 18.1 Å². The molecule has 0 saturated carbocycles. The quantitative estimate of drug-likeness (QED) is 0.602. The van der Waals surface area contributed by atoms with Crippen LogP contribution < -0.4 is 4.72 Å². The van der Waals surface area contributed by atoms with Crippen molar-refractivity contribution in [3.63, 3.8) is 0 Å². The predicted molar refractivity (Wildman–Crippen MR) is 89.5 cm³/mol. The maximum absolute atomic E-state index is 12.5. The molecule has 0 saturated heterocycles. The molecule has 2 aromatic rings. The number of nitro groups is 1. The van der Waals surface area contributed by atoms with Gasteiger partial charge in [0.25, 0.3) is 5.91 Å². The molecule has 1 aromatic heterocycles. The summed E-state index contributed by atoms with van der Waals surface area (Å²) in [6, 6.07) is 5.98. The zero-order valence-corrected chi connectivity index (χ0v) is 14.8. The molecule has 1 unspecified atom stereocenters. The minimum atomic E-state index is -4.10. The average molecular weight is 366 g/mol. The predicted octanol–water partition coefficient (Wildman–Crippen LogP) is 1.07. The second kappa shape index (κ2) is 7.11. The Balaban J connectivity index is 2.34. The monoisotopic (exact) mass is 366 g/mol. The van der Waals surface area contributed by atoms with Crippen molar-refractivity contribution in [2.45, 2.75) is 31.7 Å². The van der Waals surface area contributed by atoms with E-state index < -0.39 is 33.4 Å². The lowest BCUT2D eigenvalue weighted by Gasteiger charge is -2.15. The van der Waals surface area contributed by atoms with Gasteiger partial charge in [0, 0.05) is 10.6 Å². The number of carbonyl (C=O) groups excluding carboxylic acids is 1. The molecule has 1 aromatic carbocycles. The molecule has 0 fully saturated rings. The second-order valence-electron chi connectivity index (χ2n) is 5.68. The first-order chi connectivity index (χ1) is 11.6. The average Bonchev–Trinajstić information content (AvgIpc) is 2.84. The molecule has 0 aliphatic heterocycles. The summed E-state index contributed by atoms with van der Waals surface area (Å²) in [6.45, 7) is 4.18. The van der Waals surface area contributed by atoms with Crippen LogP contribution in [-0.4, -0.2) is 41.6 Å². The van der Waals surface area contributed by atoms with Crippen LogP contribution in [-0.2, 0) is 10.0 Å². The van der Waals surface area contributed by atoms with Gasteiger partial charge in [-0.25, -0.2) is 13.1 Å². The van der Waals surface area contributed by atoms with Gasteiger partial charge >= 0.3 is 0 Å². The molecular weight excluding hydrogens is 348 g/mol. The van der Waals surface area contributed by atoms with Crippen LogP contribution in [0.2, 0.25) is 0 Å². The molecule has 134 valence electrons. The molecule has 0 bridgehead atoms. The number of rotatable bonds is 6. The summed E-state index contributed by atoms with van der Waals surface area (Å²) < 4.78 is 28.0. The first kappa shape index (κ1) is 18.7. The Bertz CT molecular complexity index is 903. The third kappa shape index (κ3) is 4.48. The number of hydrogen-bond acceptors (Lipinski definition) is 6. The van der Waals surface area contributed by atoms with Gasteiger partial charge in [-0.3, -0.25) is 14.9 Å². The van der Waals surface area contributed by atoms with E-state index in [0.29, 0.717) is 11.4 Å². The molecule has 0 radical (unpaired) electrons. The molecule has 1 heterocycles. The number of sulfonamides is 1. The van der Waals surface area contributed by atoms with E-state index in [1.807, 2.05) is 0 Å². The molecule has 0 amide bonds. The zero-order valence-electron chi connectivity index (χ0n) is 14.0. The molecule has 25 heavy (non-hydrogen) atoms. The topological polar surface area (TPSA) is 124 Å². The van der Waals surface area contributed by atoms with Crippen molar-refractivity contribution in [1.29, 1.82) is 0 Å². The highest BCUT2D eigenvalue weighted by atomic mass is 32.2. The first-order valence-corrected chi connectivity index (χ1v) is 8.87. The summed E-state index contributed by atoms with van der Waals surface area (Å²) in [5.41, 5.74) is 1.87. The number of aromatic nitrogens is 2. The summed E-state index contributed by atoms with van der Waals surface area (Å²) in [7, 11) is -4.10. The van der Waals surface area contributed by atoms with Gasteiger partial charge in [-0.15, -0.1) is 0 Å². The van der Waals surface area contributed by atoms with Crippen LogP contribution in [0, 0.1) is 30.9 Å². The summed E-state index contributed by atoms with van der Waals surface area (Å²) in [4.78, 5) is 22.6. The van der Waals surface area contributed by atoms with Gasteiger partial charge in [0.2, 0.25) is 16.6 Å². The van der Waals surface area contributed by atoms with Crippen molar-refractivity contribution in [3.05, 3.63) is 57.4 Å². The van der Waals surface area contributed by atoms with E-state index in [9.17, 15) is 23.3 Å². The van der Waals surface area contributed by atoms with Gasteiger partial charge in [-0.2, -0.15) is 9.82 Å². The van der Waals surface area contributed by atoms with Crippen LogP contribution >= 0.6 is 0 Å². The Hall–Kier alpha value is -2.59. The molecule has 1 atom stereocenters. The summed E-state index contributed by atoms with van der Waals surface area (Å²) >= 11 is 0. The SMILES string of the molecule is Cc1ccc(S(=O)(=O)NC(C[N+](=O)[O-])C(=O)n2nc(C)cc2C)cc1. The highest BCUT2D eigenvalue weighted by Crippen LogP contribution is 2.12. The fourth-order valence-electron chi connectivity index (χ4n) is 2.29. The van der Waals surface area contributed by atoms with E-state index in [4.69, 9.17) is 0 Å². The number of hydrogen-bond donors (Lipinski definition) is 1. The molecule has 2 rings (SSSR count). The van der Waals surface area contributed by atoms with Crippen LogP contribution in [0.5, 0.6) is 0 Å². The van der Waals surface area contributed by atoms with Crippen LogP contribution in [0.3, 0.4) is 0 Å². The molecular formula is C15H18N4O5S. The minimum absolute atomic E-state index is 0.0763. The van der Waals surface area contributed by atoms with Crippen molar-refractivity contribution in [1.82, 2.24) is 14.5 Å². The summed E-state index contributed by atoms with van der Waals surface area (Å²) in [6.07, 6.45) is 0. The molecule has 0 aliphatic rings. The van der Waals surface area contributed by atoms with Gasteiger partial charge in [-0.1, -0.05) is 17.7 Å². The third-order valence-electron chi connectivity index (χ3n) is 3.48. The van der Waals surface area contributed by atoms with E-state index in [0.717, 1.165) is 10.2 Å². The van der Waals surface area contributed by atoms with E-state index in [1.54, 1.807) is 39.0 Å². The lowest BCUT2D eigenvalue weighted by Crippen LogP contribution is -2.47. The highest BCUT2D eigenvalue weighted by molar-refractivity contribution is 7.89. The van der Waals surface area contributed by atoms with Crippen molar-refractivity contribution in [2.24, 2.45) is 0 Å². The molecule has 1 N–H and O–H groups in total. The standard InChI is InChI=1S/C15H18N4O5S/c1-10-4-6-13(7-5-10)25(23,24)17-14(9-18(21)22)15(20)19-12(3)8-11(2)16-19/h4-8,14,17H,9H2,1-3H3. The number of nitrogens with zero attached hydrogens (tertiary/aromatic N) is 3. The Morgan fingerprint density at radius 1 is 1.28 bits per heavy atom. The van der Waals surface area contributed by atoms with Gasteiger partial charge < -0.3 is 0 Å². The van der Waals surface area contributed by atoms with E-state index in [-0.39, 0.29) is 4.90 Å². The van der Waals surface area contributed by atoms with Crippen molar-refractivity contribution >= 4 is 15.9 Å². The van der Waals surface area contributed by atoms with E-state index >= 15 is 0 Å². The van der Waals surface area contributed by atoms with Crippen LogP contribution in [0.25, 0.3) is 0 Å². The molecule has 0 aliphatic carbocycles. The summed E-state index contributed by atoms with van der Waals surface area (Å²) in [5.74, 6) is -0.807. The molecule has 10 heteroatoms. The molecule has 9 nitrogen and oxygen atoms in total. The van der Waals surface area contributed by atoms with Gasteiger partial charge in [0.05, 0.1) is 10.6 Å². The number of carbonyl (C=O) groups is 1. The fraction of sp³-hybridized carbons (Fsp3) is 0.333. The number of benzene rings is 1. The lowest BCUT2D eigenvalue weighted by atomic mass is 10.2. The fourth-order valence-corrected chi connectivity index (χ4v) is 3.47. The minimum Gasteiger partial charge on any atom is -0.270 e. The molecule has 0 spiro atoms. The first-order valence-electron chi connectivity index (χ1n) is 7.38. The lowest BCUT2D eigenvalue weighted by molar-refractivity contribution is -0.480. The Morgan fingerprint density at radius 2 is 1.88 bits per heavy atom. The Morgan fingerprint density at radius 3 is 2.36 bits per heavy atom. The Labute approximate surface area is 144 Å². The maximum Gasteiger partial charge on any atom is 0.272 e. The van der Waals surface area contributed by atoms with Crippen LogP contribution in [0.4, 0.5) is 0 Å². The zero-order chi connectivity index (χ0) is 18.8. The van der Waals surface area contributed by atoms with Crippen LogP contribution in [0.1, 0.15) is 21.7 Å². The maximum atomic E-state index is 12.5. The van der Waals surface area contributed by atoms with E-state index in [2.05, 4.69) is 9.82 Å². The second-order valence-corrected chi connectivity index (χ2v) is 7.39. The Kier molecular flexibility index (Phi) is 5.33.